The van der Waals surface area contributed by atoms with Crippen molar-refractivity contribution >= 4 is 40.9 Å². The lowest BCUT2D eigenvalue weighted by molar-refractivity contribution is -0.137. The molecule has 0 atom stereocenters. The first kappa shape index (κ1) is 18.8. The zero-order valence-corrected chi connectivity index (χ0v) is 13.9. The highest BCUT2D eigenvalue weighted by Crippen LogP contribution is 2.33. The van der Waals surface area contributed by atoms with E-state index < -0.39 is 23.2 Å². The molecule has 0 aliphatic heterocycles. The minimum absolute atomic E-state index is 0.133. The maximum absolute atomic E-state index is 13.0. The molecule has 1 amide bonds. The first-order valence-corrected chi connectivity index (χ1v) is 7.52. The van der Waals surface area contributed by atoms with Crippen LogP contribution in [0.4, 0.5) is 18.9 Å². The third-order valence-electron chi connectivity index (χ3n) is 3.11. The molecule has 2 aromatic rings. The summed E-state index contributed by atoms with van der Waals surface area (Å²) in [7, 11) is 0. The number of benzene rings is 2. The number of nitriles is 1. The number of halogens is 5. The number of alkyl halides is 3. The average molecular weight is 385 g/mol. The van der Waals surface area contributed by atoms with Gasteiger partial charge in [-0.1, -0.05) is 41.4 Å². The summed E-state index contributed by atoms with van der Waals surface area (Å²) >= 11 is 11.7. The van der Waals surface area contributed by atoms with E-state index in [1.54, 1.807) is 6.07 Å². The largest absolute Gasteiger partial charge is 0.416 e. The second kappa shape index (κ2) is 7.60. The second-order valence-electron chi connectivity index (χ2n) is 4.83. The van der Waals surface area contributed by atoms with E-state index in [1.807, 2.05) is 0 Å². The summed E-state index contributed by atoms with van der Waals surface area (Å²) in [5.41, 5.74) is -1.55. The lowest BCUT2D eigenvalue weighted by atomic mass is 10.0. The Morgan fingerprint density at radius 3 is 2.44 bits per heavy atom. The van der Waals surface area contributed by atoms with Gasteiger partial charge in [-0.15, -0.1) is 0 Å². The summed E-state index contributed by atoms with van der Waals surface area (Å²) in [5.74, 6) is -0.885. The molecule has 2 aromatic carbocycles. The van der Waals surface area contributed by atoms with Crippen LogP contribution in [0.25, 0.3) is 6.08 Å². The van der Waals surface area contributed by atoms with Crippen LogP contribution in [-0.2, 0) is 11.0 Å². The fourth-order valence-electron chi connectivity index (χ4n) is 1.97. The van der Waals surface area contributed by atoms with Crippen molar-refractivity contribution in [3.05, 3.63) is 69.2 Å². The molecule has 25 heavy (non-hydrogen) atoms. The number of amides is 1. The Balaban J connectivity index is 2.35. The predicted molar refractivity (Wildman–Crippen MR) is 90.1 cm³/mol. The van der Waals surface area contributed by atoms with Crippen LogP contribution in [0.1, 0.15) is 11.1 Å². The molecule has 0 fully saturated rings. The molecular formula is C17H9Cl2F3N2O. The highest BCUT2D eigenvalue weighted by Gasteiger charge is 2.32. The lowest BCUT2D eigenvalue weighted by Crippen LogP contribution is -2.14. The summed E-state index contributed by atoms with van der Waals surface area (Å²) < 4.78 is 39.0. The first-order valence-electron chi connectivity index (χ1n) is 6.77. The normalized spacial score (nSPS) is 11.8. The number of carbonyl (C=O) groups is 1. The standard InChI is InChI=1S/C17H9Cl2F3N2O/c18-12-5-6-15(14(19)8-12)24-16(25)11(9-23)7-10-3-1-2-4-13(10)17(20,21)22/h1-8H,(H,24,25)/b11-7-. The number of anilines is 1. The monoisotopic (exact) mass is 384 g/mol. The Hall–Kier alpha value is -2.49. The number of rotatable bonds is 3. The minimum Gasteiger partial charge on any atom is -0.320 e. The fourth-order valence-corrected chi connectivity index (χ4v) is 2.42. The van der Waals surface area contributed by atoms with Crippen molar-refractivity contribution in [1.29, 1.82) is 5.26 Å². The maximum atomic E-state index is 13.0. The Labute approximate surface area is 151 Å². The molecule has 0 saturated heterocycles. The van der Waals surface area contributed by atoms with E-state index in [1.165, 1.54) is 36.4 Å². The number of nitrogens with zero attached hydrogens (tertiary/aromatic N) is 1. The van der Waals surface area contributed by atoms with Gasteiger partial charge in [-0.2, -0.15) is 18.4 Å². The topological polar surface area (TPSA) is 52.9 Å². The van der Waals surface area contributed by atoms with Crippen molar-refractivity contribution in [1.82, 2.24) is 0 Å². The molecule has 3 nitrogen and oxygen atoms in total. The van der Waals surface area contributed by atoms with Crippen LogP contribution >= 0.6 is 23.2 Å². The molecule has 0 aliphatic carbocycles. The smallest absolute Gasteiger partial charge is 0.320 e. The summed E-state index contributed by atoms with van der Waals surface area (Å²) in [4.78, 5) is 12.2. The Bertz CT molecular complexity index is 886. The molecule has 2 rings (SSSR count). The zero-order valence-electron chi connectivity index (χ0n) is 12.4. The first-order chi connectivity index (χ1) is 11.7. The molecule has 0 aromatic heterocycles. The van der Waals surface area contributed by atoms with Crippen LogP contribution in [0.3, 0.4) is 0 Å². The van der Waals surface area contributed by atoms with Crippen molar-refractivity contribution in [2.75, 3.05) is 5.32 Å². The van der Waals surface area contributed by atoms with Crippen LogP contribution in [0.2, 0.25) is 10.0 Å². The van der Waals surface area contributed by atoms with E-state index in [0.29, 0.717) is 5.02 Å². The molecule has 1 N–H and O–H groups in total. The third kappa shape index (κ3) is 4.75. The van der Waals surface area contributed by atoms with Crippen molar-refractivity contribution in [2.24, 2.45) is 0 Å². The van der Waals surface area contributed by atoms with E-state index in [4.69, 9.17) is 28.5 Å². The highest BCUT2D eigenvalue weighted by molar-refractivity contribution is 6.36. The molecule has 0 saturated carbocycles. The summed E-state index contributed by atoms with van der Waals surface area (Å²) in [6.45, 7) is 0. The Morgan fingerprint density at radius 1 is 1.16 bits per heavy atom. The van der Waals surface area contributed by atoms with Crippen LogP contribution in [-0.4, -0.2) is 5.91 Å². The van der Waals surface area contributed by atoms with E-state index in [-0.39, 0.29) is 16.3 Å². The van der Waals surface area contributed by atoms with Crippen LogP contribution < -0.4 is 5.32 Å². The second-order valence-corrected chi connectivity index (χ2v) is 5.68. The number of hydrogen-bond donors (Lipinski definition) is 1. The van der Waals surface area contributed by atoms with Crippen molar-refractivity contribution in [3.63, 3.8) is 0 Å². The summed E-state index contributed by atoms with van der Waals surface area (Å²) in [6.07, 6.45) is -3.73. The van der Waals surface area contributed by atoms with Gasteiger partial charge >= 0.3 is 6.18 Å². The molecule has 0 spiro atoms. The van der Waals surface area contributed by atoms with Gasteiger partial charge in [-0.25, -0.2) is 0 Å². The molecule has 0 radical (unpaired) electrons. The van der Waals surface area contributed by atoms with Gasteiger partial charge in [0.25, 0.3) is 5.91 Å². The highest BCUT2D eigenvalue weighted by atomic mass is 35.5. The summed E-state index contributed by atoms with van der Waals surface area (Å²) in [5, 5.41) is 12.0. The lowest BCUT2D eigenvalue weighted by Gasteiger charge is -2.11. The average Bonchev–Trinajstić information content (AvgIpc) is 2.54. The summed E-state index contributed by atoms with van der Waals surface area (Å²) in [6, 6.07) is 10.5. The van der Waals surface area contributed by atoms with E-state index in [9.17, 15) is 18.0 Å². The van der Waals surface area contributed by atoms with Gasteiger partial charge in [0.05, 0.1) is 16.3 Å². The molecule has 0 unspecified atom stereocenters. The zero-order chi connectivity index (χ0) is 18.6. The van der Waals surface area contributed by atoms with Crippen LogP contribution in [0, 0.1) is 11.3 Å². The molecule has 128 valence electrons. The van der Waals surface area contributed by atoms with Crippen molar-refractivity contribution in [2.45, 2.75) is 6.18 Å². The number of nitrogens with one attached hydrogen (secondary N) is 1. The predicted octanol–water partition coefficient (Wildman–Crippen LogP) is 5.56. The van der Waals surface area contributed by atoms with Crippen molar-refractivity contribution in [3.8, 4) is 6.07 Å². The molecule has 8 heteroatoms. The van der Waals surface area contributed by atoms with Gasteiger partial charge in [0, 0.05) is 5.02 Å². The van der Waals surface area contributed by atoms with Crippen LogP contribution in [0.15, 0.2) is 48.0 Å². The van der Waals surface area contributed by atoms with Gasteiger partial charge in [0.15, 0.2) is 0 Å². The molecule has 0 aliphatic rings. The quantitative estimate of drug-likeness (QED) is 0.556. The number of carbonyl (C=O) groups excluding carboxylic acids is 1. The van der Waals surface area contributed by atoms with E-state index >= 15 is 0 Å². The minimum atomic E-state index is -4.61. The Kier molecular flexibility index (Phi) is 5.73. The van der Waals surface area contributed by atoms with Gasteiger partial charge in [-0.05, 0) is 35.9 Å². The number of hydrogen-bond acceptors (Lipinski definition) is 2. The fraction of sp³-hybridized carbons (Fsp3) is 0.0588. The van der Waals surface area contributed by atoms with Crippen molar-refractivity contribution < 1.29 is 18.0 Å². The van der Waals surface area contributed by atoms with Gasteiger partial charge in [-0.3, -0.25) is 4.79 Å². The molecule has 0 bridgehead atoms. The molecule has 0 heterocycles. The maximum Gasteiger partial charge on any atom is 0.416 e. The van der Waals surface area contributed by atoms with Gasteiger partial charge < -0.3 is 5.32 Å². The van der Waals surface area contributed by atoms with Gasteiger partial charge in [0.1, 0.15) is 11.6 Å². The van der Waals surface area contributed by atoms with Gasteiger partial charge in [0.2, 0.25) is 0 Å². The van der Waals surface area contributed by atoms with Crippen LogP contribution in [0.5, 0.6) is 0 Å². The third-order valence-corrected chi connectivity index (χ3v) is 3.66. The molecular weight excluding hydrogens is 376 g/mol. The van der Waals surface area contributed by atoms with E-state index in [0.717, 1.165) is 12.1 Å². The van der Waals surface area contributed by atoms with E-state index in [2.05, 4.69) is 5.32 Å². The SMILES string of the molecule is N#C/C(=C/c1ccccc1C(F)(F)F)C(=O)Nc1ccc(Cl)cc1Cl. The Morgan fingerprint density at radius 2 is 1.84 bits per heavy atom.